The SMILES string of the molecule is C=C1COC(C)=C(C(C)=O)C1. The summed E-state index contributed by atoms with van der Waals surface area (Å²) < 4.78 is 5.22. The normalized spacial score (nSPS) is 18.2. The molecule has 2 heteroatoms. The van der Waals surface area contributed by atoms with Gasteiger partial charge in [0.2, 0.25) is 0 Å². The van der Waals surface area contributed by atoms with E-state index in [1.165, 1.54) is 0 Å². The highest BCUT2D eigenvalue weighted by Gasteiger charge is 2.15. The van der Waals surface area contributed by atoms with Crippen LogP contribution < -0.4 is 0 Å². The average Bonchev–Trinajstić information content (AvgIpc) is 1.94. The zero-order chi connectivity index (χ0) is 8.43. The molecule has 1 aliphatic rings. The van der Waals surface area contributed by atoms with Gasteiger partial charge in [-0.25, -0.2) is 0 Å². The molecule has 0 aromatic rings. The fraction of sp³-hybridized carbons (Fsp3) is 0.444. The summed E-state index contributed by atoms with van der Waals surface area (Å²) in [5.74, 6) is 0.841. The lowest BCUT2D eigenvalue weighted by atomic mass is 10.0. The Morgan fingerprint density at radius 3 is 2.73 bits per heavy atom. The molecule has 0 saturated carbocycles. The van der Waals surface area contributed by atoms with Crippen LogP contribution in [0.25, 0.3) is 0 Å². The maximum absolute atomic E-state index is 11.0. The van der Waals surface area contributed by atoms with Crippen molar-refractivity contribution in [3.63, 3.8) is 0 Å². The maximum Gasteiger partial charge on any atom is 0.159 e. The molecule has 0 amide bonds. The monoisotopic (exact) mass is 152 g/mol. The van der Waals surface area contributed by atoms with Crippen LogP contribution in [-0.2, 0) is 9.53 Å². The molecule has 1 rings (SSSR count). The van der Waals surface area contributed by atoms with E-state index in [0.717, 1.165) is 16.9 Å². The summed E-state index contributed by atoms with van der Waals surface area (Å²) in [5.41, 5.74) is 1.74. The van der Waals surface area contributed by atoms with Gasteiger partial charge in [0.05, 0.1) is 0 Å². The Kier molecular flexibility index (Phi) is 2.13. The molecule has 0 atom stereocenters. The molecule has 11 heavy (non-hydrogen) atoms. The van der Waals surface area contributed by atoms with Crippen LogP contribution in [0.4, 0.5) is 0 Å². The van der Waals surface area contributed by atoms with Crippen molar-refractivity contribution in [3.05, 3.63) is 23.5 Å². The van der Waals surface area contributed by atoms with E-state index in [4.69, 9.17) is 4.74 Å². The summed E-state index contributed by atoms with van der Waals surface area (Å²) >= 11 is 0. The minimum absolute atomic E-state index is 0.0864. The van der Waals surface area contributed by atoms with E-state index in [-0.39, 0.29) is 5.78 Å². The molecule has 0 unspecified atom stereocenters. The van der Waals surface area contributed by atoms with Gasteiger partial charge in [-0.3, -0.25) is 4.79 Å². The third kappa shape index (κ3) is 1.70. The van der Waals surface area contributed by atoms with Crippen molar-refractivity contribution >= 4 is 5.78 Å². The van der Waals surface area contributed by atoms with E-state index in [0.29, 0.717) is 13.0 Å². The molecule has 0 radical (unpaired) electrons. The number of hydrogen-bond acceptors (Lipinski definition) is 2. The summed E-state index contributed by atoms with van der Waals surface area (Å²) in [5, 5.41) is 0. The topological polar surface area (TPSA) is 26.3 Å². The van der Waals surface area contributed by atoms with Crippen LogP contribution in [0.1, 0.15) is 20.3 Å². The summed E-state index contributed by atoms with van der Waals surface area (Å²) in [4.78, 5) is 11.0. The Balaban J connectivity index is 2.88. The van der Waals surface area contributed by atoms with Gasteiger partial charge in [-0.15, -0.1) is 0 Å². The van der Waals surface area contributed by atoms with E-state index < -0.39 is 0 Å². The second-order valence-electron chi connectivity index (χ2n) is 2.81. The van der Waals surface area contributed by atoms with Gasteiger partial charge in [0, 0.05) is 12.0 Å². The third-order valence-corrected chi connectivity index (χ3v) is 1.77. The van der Waals surface area contributed by atoms with Crippen molar-refractivity contribution in [3.8, 4) is 0 Å². The first-order chi connectivity index (χ1) is 5.11. The second-order valence-corrected chi connectivity index (χ2v) is 2.81. The highest BCUT2D eigenvalue weighted by molar-refractivity contribution is 5.94. The predicted octanol–water partition coefficient (Wildman–Crippen LogP) is 1.83. The van der Waals surface area contributed by atoms with Crippen molar-refractivity contribution in [2.24, 2.45) is 0 Å². The largest absolute Gasteiger partial charge is 0.493 e. The molecule has 1 heterocycles. The second kappa shape index (κ2) is 2.91. The quantitative estimate of drug-likeness (QED) is 0.536. The number of allylic oxidation sites excluding steroid dienone is 2. The van der Waals surface area contributed by atoms with Crippen LogP contribution in [-0.4, -0.2) is 12.4 Å². The number of ketones is 1. The third-order valence-electron chi connectivity index (χ3n) is 1.77. The van der Waals surface area contributed by atoms with Gasteiger partial charge >= 0.3 is 0 Å². The van der Waals surface area contributed by atoms with Crippen LogP contribution in [0.5, 0.6) is 0 Å². The summed E-state index contributed by atoms with van der Waals surface area (Å²) in [6.45, 7) is 7.71. The van der Waals surface area contributed by atoms with Crippen LogP contribution in [0.15, 0.2) is 23.5 Å². The van der Waals surface area contributed by atoms with Crippen LogP contribution in [0.2, 0.25) is 0 Å². The van der Waals surface area contributed by atoms with Gasteiger partial charge < -0.3 is 4.74 Å². The Hall–Kier alpha value is -1.05. The van der Waals surface area contributed by atoms with Gasteiger partial charge in [-0.1, -0.05) is 6.58 Å². The molecular weight excluding hydrogens is 140 g/mol. The highest BCUT2D eigenvalue weighted by atomic mass is 16.5. The maximum atomic E-state index is 11.0. The molecule has 0 aliphatic carbocycles. The molecule has 0 saturated heterocycles. The van der Waals surface area contributed by atoms with Crippen molar-refractivity contribution in [1.29, 1.82) is 0 Å². The first-order valence-electron chi connectivity index (χ1n) is 3.61. The van der Waals surface area contributed by atoms with E-state index in [9.17, 15) is 4.79 Å². The molecule has 0 fully saturated rings. The number of hydrogen-bond donors (Lipinski definition) is 0. The summed E-state index contributed by atoms with van der Waals surface area (Å²) in [7, 11) is 0. The van der Waals surface area contributed by atoms with Crippen molar-refractivity contribution in [2.45, 2.75) is 20.3 Å². The van der Waals surface area contributed by atoms with Gasteiger partial charge in [-0.2, -0.15) is 0 Å². The lowest BCUT2D eigenvalue weighted by molar-refractivity contribution is -0.114. The number of carbonyl (C=O) groups excluding carboxylic acids is 1. The fourth-order valence-electron chi connectivity index (χ4n) is 1.10. The van der Waals surface area contributed by atoms with Gasteiger partial charge in [0.15, 0.2) is 5.78 Å². The van der Waals surface area contributed by atoms with Crippen molar-refractivity contribution in [2.75, 3.05) is 6.61 Å². The van der Waals surface area contributed by atoms with E-state index >= 15 is 0 Å². The van der Waals surface area contributed by atoms with Gasteiger partial charge in [-0.05, 0) is 19.4 Å². The molecule has 0 aromatic heterocycles. The van der Waals surface area contributed by atoms with Gasteiger partial charge in [0.1, 0.15) is 12.4 Å². The molecule has 60 valence electrons. The number of ether oxygens (including phenoxy) is 1. The Labute approximate surface area is 66.5 Å². The minimum atomic E-state index is 0.0864. The standard InChI is InChI=1S/C9H12O2/c1-6-4-9(7(2)10)8(3)11-5-6/h1,4-5H2,2-3H3. The minimum Gasteiger partial charge on any atom is -0.493 e. The smallest absolute Gasteiger partial charge is 0.159 e. The lowest BCUT2D eigenvalue weighted by Gasteiger charge is -2.18. The summed E-state index contributed by atoms with van der Waals surface area (Å²) in [6, 6.07) is 0. The van der Waals surface area contributed by atoms with Crippen LogP contribution in [0.3, 0.4) is 0 Å². The molecular formula is C9H12O2. The predicted molar refractivity (Wildman–Crippen MR) is 43.1 cm³/mol. The molecule has 0 spiro atoms. The fourth-order valence-corrected chi connectivity index (χ4v) is 1.10. The molecule has 0 N–H and O–H groups in total. The molecule has 0 aromatic carbocycles. The highest BCUT2D eigenvalue weighted by Crippen LogP contribution is 2.21. The van der Waals surface area contributed by atoms with E-state index in [1.54, 1.807) is 6.92 Å². The van der Waals surface area contributed by atoms with E-state index in [2.05, 4.69) is 6.58 Å². The zero-order valence-corrected chi connectivity index (χ0v) is 6.94. The first kappa shape index (κ1) is 8.05. The average molecular weight is 152 g/mol. The Bertz CT molecular complexity index is 236. The van der Waals surface area contributed by atoms with Crippen LogP contribution in [0, 0.1) is 0 Å². The first-order valence-corrected chi connectivity index (χ1v) is 3.61. The Morgan fingerprint density at radius 2 is 2.27 bits per heavy atom. The van der Waals surface area contributed by atoms with Gasteiger partial charge in [0.25, 0.3) is 0 Å². The number of rotatable bonds is 1. The van der Waals surface area contributed by atoms with Crippen molar-refractivity contribution < 1.29 is 9.53 Å². The molecule has 0 bridgehead atoms. The van der Waals surface area contributed by atoms with Crippen molar-refractivity contribution in [1.82, 2.24) is 0 Å². The lowest BCUT2D eigenvalue weighted by Crippen LogP contribution is -2.11. The number of carbonyl (C=O) groups is 1. The molecule has 1 aliphatic heterocycles. The molecule has 2 nitrogen and oxygen atoms in total. The number of Topliss-reactive ketones (excluding diaryl/α,β-unsaturated/α-hetero) is 1. The zero-order valence-electron chi connectivity index (χ0n) is 6.94. The Morgan fingerprint density at radius 1 is 1.64 bits per heavy atom. The van der Waals surface area contributed by atoms with Crippen LogP contribution >= 0.6 is 0 Å². The summed E-state index contributed by atoms with van der Waals surface area (Å²) in [6.07, 6.45) is 0.682. The van der Waals surface area contributed by atoms with E-state index in [1.807, 2.05) is 6.92 Å².